The molecule has 1 heterocycles. The summed E-state index contributed by atoms with van der Waals surface area (Å²) in [5.41, 5.74) is 0. The first-order valence-electron chi connectivity index (χ1n) is 5.32. The summed E-state index contributed by atoms with van der Waals surface area (Å²) < 4.78 is 0. The molecule has 1 unspecified atom stereocenters. The summed E-state index contributed by atoms with van der Waals surface area (Å²) in [6.07, 6.45) is 1.39. The van der Waals surface area contributed by atoms with Gasteiger partial charge < -0.3 is 10.4 Å². The third kappa shape index (κ3) is 6.13. The van der Waals surface area contributed by atoms with E-state index in [4.69, 9.17) is 28.3 Å². The maximum atomic E-state index is 11.6. The molecule has 0 saturated heterocycles. The van der Waals surface area contributed by atoms with E-state index in [1.807, 2.05) is 0 Å². The Morgan fingerprint density at radius 2 is 2.21 bits per heavy atom. The van der Waals surface area contributed by atoms with Gasteiger partial charge in [0.25, 0.3) is 0 Å². The van der Waals surface area contributed by atoms with Gasteiger partial charge in [-0.05, 0) is 6.07 Å². The molecule has 0 spiro atoms. The Morgan fingerprint density at radius 1 is 1.53 bits per heavy atom. The van der Waals surface area contributed by atoms with Crippen molar-refractivity contribution >= 4 is 52.7 Å². The van der Waals surface area contributed by atoms with Crippen LogP contribution < -0.4 is 5.32 Å². The lowest BCUT2D eigenvalue weighted by Gasteiger charge is -2.09. The molecule has 0 fully saturated rings. The number of rotatable bonds is 6. The Hall–Kier alpha value is -0.980. The summed E-state index contributed by atoms with van der Waals surface area (Å²) in [4.78, 5) is 26.0. The molecular weight excluding hydrogens is 311 g/mol. The molecule has 104 valence electrons. The lowest BCUT2D eigenvalue weighted by Crippen LogP contribution is -2.17. The maximum Gasteiger partial charge on any atom is 0.304 e. The van der Waals surface area contributed by atoms with Gasteiger partial charge in [-0.25, -0.2) is 4.98 Å². The first-order valence-corrected chi connectivity index (χ1v) is 7.13. The molecule has 1 aromatic rings. The fraction of sp³-hybridized carbons (Fsp3) is 0.364. The summed E-state index contributed by atoms with van der Waals surface area (Å²) >= 11 is 12.8. The van der Waals surface area contributed by atoms with Crippen molar-refractivity contribution in [2.45, 2.75) is 18.6 Å². The first kappa shape index (κ1) is 16.1. The van der Waals surface area contributed by atoms with Crippen LogP contribution in [0.4, 0.5) is 5.82 Å². The minimum Gasteiger partial charge on any atom is -0.481 e. The summed E-state index contributed by atoms with van der Waals surface area (Å²) in [5, 5.41) is 11.6. The molecule has 8 heteroatoms. The number of nitrogens with zero attached hydrogens (tertiary/aromatic N) is 1. The quantitative estimate of drug-likeness (QED) is 0.841. The van der Waals surface area contributed by atoms with Crippen LogP contribution in [-0.4, -0.2) is 33.0 Å². The van der Waals surface area contributed by atoms with Crippen LogP contribution in [0.1, 0.15) is 13.3 Å². The molecule has 1 rings (SSSR count). The molecule has 1 atom stereocenters. The Balaban J connectivity index is 2.45. The second kappa shape index (κ2) is 7.57. The van der Waals surface area contributed by atoms with Crippen LogP contribution in [0, 0.1) is 0 Å². The van der Waals surface area contributed by atoms with E-state index >= 15 is 0 Å². The summed E-state index contributed by atoms with van der Waals surface area (Å²) in [6.45, 7) is 1.75. The van der Waals surface area contributed by atoms with Gasteiger partial charge in [0.1, 0.15) is 0 Å². The molecule has 1 aromatic heterocycles. The summed E-state index contributed by atoms with van der Waals surface area (Å²) in [7, 11) is 0. The van der Waals surface area contributed by atoms with Crippen LogP contribution >= 0.6 is 35.0 Å². The van der Waals surface area contributed by atoms with E-state index in [9.17, 15) is 9.59 Å². The van der Waals surface area contributed by atoms with Gasteiger partial charge in [0, 0.05) is 11.4 Å². The number of carboxylic acid groups (broad SMARTS) is 1. The zero-order valence-corrected chi connectivity index (χ0v) is 12.3. The summed E-state index contributed by atoms with van der Waals surface area (Å²) in [5.74, 6) is -0.806. The zero-order chi connectivity index (χ0) is 14.4. The number of anilines is 1. The number of amides is 1. The van der Waals surface area contributed by atoms with Gasteiger partial charge in [-0.2, -0.15) is 0 Å². The number of carbonyl (C=O) groups is 2. The lowest BCUT2D eigenvalue weighted by molar-refractivity contribution is -0.136. The van der Waals surface area contributed by atoms with Crippen molar-refractivity contribution in [2.24, 2.45) is 0 Å². The average Bonchev–Trinajstić information content (AvgIpc) is 2.29. The van der Waals surface area contributed by atoms with Gasteiger partial charge in [-0.1, -0.05) is 30.1 Å². The van der Waals surface area contributed by atoms with Crippen LogP contribution in [0.25, 0.3) is 0 Å². The third-order valence-electron chi connectivity index (χ3n) is 2.03. The minimum absolute atomic E-state index is 0.0118. The number of halogens is 2. The maximum absolute atomic E-state index is 11.6. The Kier molecular flexibility index (Phi) is 6.41. The smallest absolute Gasteiger partial charge is 0.304 e. The SMILES string of the molecule is CC(CC(=O)O)SCC(=O)Nc1ncc(Cl)cc1Cl. The van der Waals surface area contributed by atoms with E-state index in [1.165, 1.54) is 24.0 Å². The minimum atomic E-state index is -0.886. The molecule has 1 amide bonds. The van der Waals surface area contributed by atoms with Crippen molar-refractivity contribution in [3.8, 4) is 0 Å². The Bertz CT molecular complexity index is 485. The van der Waals surface area contributed by atoms with Crippen LogP contribution in [0.15, 0.2) is 12.3 Å². The zero-order valence-electron chi connectivity index (χ0n) is 10.0. The van der Waals surface area contributed by atoms with Crippen molar-refractivity contribution in [1.82, 2.24) is 4.98 Å². The molecule has 0 bridgehead atoms. The van der Waals surface area contributed by atoms with Crippen LogP contribution in [0.3, 0.4) is 0 Å². The van der Waals surface area contributed by atoms with E-state index < -0.39 is 5.97 Å². The van der Waals surface area contributed by atoms with Crippen molar-refractivity contribution < 1.29 is 14.7 Å². The second-order valence-electron chi connectivity index (χ2n) is 3.75. The molecule has 5 nitrogen and oxygen atoms in total. The Labute approximate surface area is 124 Å². The fourth-order valence-corrected chi connectivity index (χ4v) is 2.39. The monoisotopic (exact) mass is 322 g/mol. The predicted octanol–water partition coefficient (Wildman–Crippen LogP) is 2.92. The highest BCUT2D eigenvalue weighted by Gasteiger charge is 2.12. The number of nitrogens with one attached hydrogen (secondary N) is 1. The number of hydrogen-bond acceptors (Lipinski definition) is 4. The highest BCUT2D eigenvalue weighted by molar-refractivity contribution is 8.00. The standard InChI is InChI=1S/C11H12Cl2N2O3S/c1-6(2-10(17)18)19-5-9(16)15-11-8(13)3-7(12)4-14-11/h3-4,6H,2,5H2,1H3,(H,17,18)(H,14,15,16). The molecule has 0 aliphatic carbocycles. The van der Waals surface area contributed by atoms with Crippen molar-refractivity contribution in [1.29, 1.82) is 0 Å². The van der Waals surface area contributed by atoms with Crippen LogP contribution in [0.5, 0.6) is 0 Å². The van der Waals surface area contributed by atoms with E-state index in [2.05, 4.69) is 10.3 Å². The second-order valence-corrected chi connectivity index (χ2v) is 6.02. The van der Waals surface area contributed by atoms with E-state index in [0.29, 0.717) is 5.02 Å². The predicted molar refractivity (Wildman–Crippen MR) is 77.1 cm³/mol. The lowest BCUT2D eigenvalue weighted by atomic mass is 10.3. The van der Waals surface area contributed by atoms with Crippen molar-refractivity contribution in [3.63, 3.8) is 0 Å². The number of carboxylic acids is 1. The van der Waals surface area contributed by atoms with E-state index in [1.54, 1.807) is 6.92 Å². The van der Waals surface area contributed by atoms with Gasteiger partial charge in [0.15, 0.2) is 5.82 Å². The first-order chi connectivity index (χ1) is 8.88. The van der Waals surface area contributed by atoms with Crippen LogP contribution in [-0.2, 0) is 9.59 Å². The molecule has 0 aliphatic heterocycles. The molecule has 19 heavy (non-hydrogen) atoms. The van der Waals surface area contributed by atoms with Gasteiger partial charge in [0.05, 0.1) is 22.2 Å². The van der Waals surface area contributed by atoms with Crippen molar-refractivity contribution in [3.05, 3.63) is 22.3 Å². The Morgan fingerprint density at radius 3 is 2.79 bits per heavy atom. The molecule has 2 N–H and O–H groups in total. The van der Waals surface area contributed by atoms with E-state index in [-0.39, 0.29) is 34.2 Å². The highest BCUT2D eigenvalue weighted by Crippen LogP contribution is 2.23. The molecule has 0 saturated carbocycles. The van der Waals surface area contributed by atoms with Gasteiger partial charge >= 0.3 is 5.97 Å². The van der Waals surface area contributed by atoms with Crippen molar-refractivity contribution in [2.75, 3.05) is 11.1 Å². The molecule has 0 aliphatic rings. The number of carbonyl (C=O) groups excluding carboxylic acids is 1. The fourth-order valence-electron chi connectivity index (χ4n) is 1.20. The number of aliphatic carboxylic acids is 1. The number of aromatic nitrogens is 1. The normalized spacial score (nSPS) is 11.9. The summed E-state index contributed by atoms with van der Waals surface area (Å²) in [6, 6.07) is 1.48. The van der Waals surface area contributed by atoms with Gasteiger partial charge in [0.2, 0.25) is 5.91 Å². The third-order valence-corrected chi connectivity index (χ3v) is 3.69. The topological polar surface area (TPSA) is 79.3 Å². The highest BCUT2D eigenvalue weighted by atomic mass is 35.5. The largest absolute Gasteiger partial charge is 0.481 e. The average molecular weight is 323 g/mol. The van der Waals surface area contributed by atoms with Gasteiger partial charge in [-0.3, -0.25) is 9.59 Å². The van der Waals surface area contributed by atoms with Gasteiger partial charge in [-0.15, -0.1) is 11.8 Å². The number of pyridine rings is 1. The number of hydrogen-bond donors (Lipinski definition) is 2. The molecule has 0 aromatic carbocycles. The molecule has 0 radical (unpaired) electrons. The molecular formula is C11H12Cl2N2O3S. The van der Waals surface area contributed by atoms with Crippen LogP contribution in [0.2, 0.25) is 10.0 Å². The number of thioether (sulfide) groups is 1. The van der Waals surface area contributed by atoms with E-state index in [0.717, 1.165) is 0 Å².